The maximum Gasteiger partial charge on any atom is 0.328 e. The van der Waals surface area contributed by atoms with Gasteiger partial charge in [-0.1, -0.05) is 13.3 Å². The standard InChI is InChI=1S/C9H10O4/c1-2-5-3-4-13-8(12)9(5)6(10)7(9)11/h5H,2-4H2,1H3. The van der Waals surface area contributed by atoms with Crippen molar-refractivity contribution in [2.24, 2.45) is 11.3 Å². The number of ketones is 2. The number of hydrogen-bond donors (Lipinski definition) is 0. The Balaban J connectivity index is 2.36. The first-order valence-electron chi connectivity index (χ1n) is 4.42. The zero-order chi connectivity index (χ0) is 9.64. The van der Waals surface area contributed by atoms with Crippen LogP contribution in [0.2, 0.25) is 0 Å². The molecule has 0 aromatic carbocycles. The van der Waals surface area contributed by atoms with Gasteiger partial charge in [-0.15, -0.1) is 0 Å². The molecule has 1 spiro atoms. The second-order valence-corrected chi connectivity index (χ2v) is 3.50. The summed E-state index contributed by atoms with van der Waals surface area (Å²) < 4.78 is 4.75. The van der Waals surface area contributed by atoms with E-state index in [1.165, 1.54) is 0 Å². The van der Waals surface area contributed by atoms with Crippen LogP contribution in [0, 0.1) is 11.3 Å². The predicted molar refractivity (Wildman–Crippen MR) is 41.8 cm³/mol. The van der Waals surface area contributed by atoms with Gasteiger partial charge in [0.1, 0.15) is 0 Å². The maximum atomic E-state index is 11.3. The smallest absolute Gasteiger partial charge is 0.328 e. The van der Waals surface area contributed by atoms with Crippen LogP contribution in [0.3, 0.4) is 0 Å². The van der Waals surface area contributed by atoms with Crippen molar-refractivity contribution in [3.05, 3.63) is 0 Å². The molecule has 13 heavy (non-hydrogen) atoms. The molecule has 1 atom stereocenters. The Morgan fingerprint density at radius 2 is 2.00 bits per heavy atom. The maximum absolute atomic E-state index is 11.3. The van der Waals surface area contributed by atoms with Crippen LogP contribution in [0.25, 0.3) is 0 Å². The minimum absolute atomic E-state index is 0.131. The number of cyclic esters (lactones) is 1. The molecule has 1 unspecified atom stereocenters. The molecule has 1 saturated heterocycles. The molecule has 2 fully saturated rings. The van der Waals surface area contributed by atoms with Crippen LogP contribution >= 0.6 is 0 Å². The van der Waals surface area contributed by atoms with E-state index in [9.17, 15) is 14.4 Å². The van der Waals surface area contributed by atoms with E-state index in [0.717, 1.165) is 0 Å². The molecular formula is C9H10O4. The van der Waals surface area contributed by atoms with E-state index in [0.29, 0.717) is 19.4 Å². The van der Waals surface area contributed by atoms with E-state index in [2.05, 4.69) is 0 Å². The molecule has 0 N–H and O–H groups in total. The zero-order valence-corrected chi connectivity index (χ0v) is 7.33. The summed E-state index contributed by atoms with van der Waals surface area (Å²) in [6, 6.07) is 0. The van der Waals surface area contributed by atoms with Gasteiger partial charge >= 0.3 is 5.97 Å². The third-order valence-corrected chi connectivity index (χ3v) is 2.99. The molecular weight excluding hydrogens is 172 g/mol. The summed E-state index contributed by atoms with van der Waals surface area (Å²) in [4.78, 5) is 33.6. The van der Waals surface area contributed by atoms with Gasteiger partial charge in [0.2, 0.25) is 17.0 Å². The van der Waals surface area contributed by atoms with Gasteiger partial charge in [-0.25, -0.2) is 0 Å². The second-order valence-electron chi connectivity index (χ2n) is 3.50. The normalized spacial score (nSPS) is 30.5. The first kappa shape index (κ1) is 8.41. The quantitative estimate of drug-likeness (QED) is 0.328. The van der Waals surface area contributed by atoms with Crippen molar-refractivity contribution >= 4 is 17.5 Å². The Labute approximate surface area is 75.2 Å². The van der Waals surface area contributed by atoms with Gasteiger partial charge in [-0.05, 0) is 12.3 Å². The number of Topliss-reactive ketones (excluding diaryl/α,β-unsaturated/α-hetero) is 2. The molecule has 4 heteroatoms. The van der Waals surface area contributed by atoms with Gasteiger partial charge < -0.3 is 4.74 Å². The number of carbonyl (C=O) groups excluding carboxylic acids is 3. The highest BCUT2D eigenvalue weighted by Gasteiger charge is 2.76. The monoisotopic (exact) mass is 182 g/mol. The van der Waals surface area contributed by atoms with Gasteiger partial charge in [-0.3, -0.25) is 14.4 Å². The minimum Gasteiger partial charge on any atom is -0.465 e. The summed E-state index contributed by atoms with van der Waals surface area (Å²) in [6.07, 6.45) is 1.30. The molecule has 1 saturated carbocycles. The zero-order valence-electron chi connectivity index (χ0n) is 7.33. The lowest BCUT2D eigenvalue weighted by Gasteiger charge is -2.25. The van der Waals surface area contributed by atoms with E-state index in [1.54, 1.807) is 0 Å². The summed E-state index contributed by atoms with van der Waals surface area (Å²) in [5, 5.41) is 0. The van der Waals surface area contributed by atoms with Gasteiger partial charge in [0.15, 0.2) is 0 Å². The van der Waals surface area contributed by atoms with Gasteiger partial charge in [0, 0.05) is 0 Å². The predicted octanol–water partition coefficient (Wildman–Crippen LogP) is 0.0977. The molecule has 0 bridgehead atoms. The Kier molecular flexibility index (Phi) is 1.55. The molecule has 2 aliphatic rings. The first-order chi connectivity index (χ1) is 6.15. The number of carbonyl (C=O) groups is 3. The Hall–Kier alpha value is -1.19. The van der Waals surface area contributed by atoms with E-state index in [1.807, 2.05) is 6.92 Å². The van der Waals surface area contributed by atoms with Crippen molar-refractivity contribution in [3.63, 3.8) is 0 Å². The molecule has 1 aliphatic heterocycles. The summed E-state index contributed by atoms with van der Waals surface area (Å²) in [5.41, 5.74) is -1.37. The number of hydrogen-bond acceptors (Lipinski definition) is 4. The van der Waals surface area contributed by atoms with Crippen LogP contribution in [0.15, 0.2) is 0 Å². The van der Waals surface area contributed by atoms with Crippen molar-refractivity contribution < 1.29 is 19.1 Å². The lowest BCUT2D eigenvalue weighted by atomic mass is 9.82. The summed E-state index contributed by atoms with van der Waals surface area (Å²) >= 11 is 0. The molecule has 1 heterocycles. The lowest BCUT2D eigenvalue weighted by Crippen LogP contribution is -2.37. The fraction of sp³-hybridized carbons (Fsp3) is 0.667. The highest BCUT2D eigenvalue weighted by atomic mass is 16.5. The molecule has 1 aliphatic carbocycles. The van der Waals surface area contributed by atoms with Crippen LogP contribution in [0.5, 0.6) is 0 Å². The van der Waals surface area contributed by atoms with Crippen LogP contribution in [0.4, 0.5) is 0 Å². The topological polar surface area (TPSA) is 60.4 Å². The Morgan fingerprint density at radius 1 is 1.38 bits per heavy atom. The Bertz CT molecular complexity index is 291. The lowest BCUT2D eigenvalue weighted by molar-refractivity contribution is -0.161. The molecule has 70 valence electrons. The molecule has 2 rings (SSSR count). The van der Waals surface area contributed by atoms with E-state index in [4.69, 9.17) is 4.74 Å². The molecule has 0 aromatic heterocycles. The molecule has 4 nitrogen and oxygen atoms in total. The number of rotatable bonds is 1. The van der Waals surface area contributed by atoms with Gasteiger partial charge in [-0.2, -0.15) is 0 Å². The number of esters is 1. The third kappa shape index (κ3) is 0.779. The highest BCUT2D eigenvalue weighted by molar-refractivity contribution is 6.69. The number of ether oxygens (including phenoxy) is 1. The SMILES string of the molecule is CCC1CCOC(=O)C12C(=O)C2=O. The largest absolute Gasteiger partial charge is 0.465 e. The van der Waals surface area contributed by atoms with Crippen molar-refractivity contribution in [2.75, 3.05) is 6.61 Å². The van der Waals surface area contributed by atoms with Crippen LogP contribution in [-0.2, 0) is 19.1 Å². The van der Waals surface area contributed by atoms with Crippen LogP contribution in [-0.4, -0.2) is 24.1 Å². The molecule has 0 amide bonds. The summed E-state index contributed by atoms with van der Waals surface area (Å²) in [7, 11) is 0. The minimum atomic E-state index is -1.37. The fourth-order valence-electron chi connectivity index (χ4n) is 2.11. The molecule has 0 radical (unpaired) electrons. The second kappa shape index (κ2) is 2.40. The fourth-order valence-corrected chi connectivity index (χ4v) is 2.11. The Morgan fingerprint density at radius 3 is 2.38 bits per heavy atom. The van der Waals surface area contributed by atoms with Crippen molar-refractivity contribution in [1.29, 1.82) is 0 Å². The highest BCUT2D eigenvalue weighted by Crippen LogP contribution is 2.50. The van der Waals surface area contributed by atoms with E-state index < -0.39 is 23.0 Å². The summed E-state index contributed by atoms with van der Waals surface area (Å²) in [6.45, 7) is 2.21. The average Bonchev–Trinajstić information content (AvgIpc) is 2.65. The van der Waals surface area contributed by atoms with E-state index >= 15 is 0 Å². The van der Waals surface area contributed by atoms with Gasteiger partial charge in [0.05, 0.1) is 6.61 Å². The van der Waals surface area contributed by atoms with Crippen molar-refractivity contribution in [1.82, 2.24) is 0 Å². The van der Waals surface area contributed by atoms with Crippen LogP contribution in [0.1, 0.15) is 19.8 Å². The molecule has 0 aromatic rings. The summed E-state index contributed by atoms with van der Waals surface area (Å²) in [5.74, 6) is -1.86. The van der Waals surface area contributed by atoms with Crippen LogP contribution < -0.4 is 0 Å². The van der Waals surface area contributed by atoms with Crippen molar-refractivity contribution in [3.8, 4) is 0 Å². The third-order valence-electron chi connectivity index (χ3n) is 2.99. The van der Waals surface area contributed by atoms with Gasteiger partial charge in [0.25, 0.3) is 0 Å². The first-order valence-corrected chi connectivity index (χ1v) is 4.42. The van der Waals surface area contributed by atoms with Crippen molar-refractivity contribution in [2.45, 2.75) is 19.8 Å². The average molecular weight is 182 g/mol. The van der Waals surface area contributed by atoms with E-state index in [-0.39, 0.29) is 5.92 Å².